The lowest BCUT2D eigenvalue weighted by atomic mass is 10.2. The molecule has 1 saturated heterocycles. The number of amides is 2. The third kappa shape index (κ3) is 3.23. The first-order chi connectivity index (χ1) is 12.7. The van der Waals surface area contributed by atoms with Crippen molar-refractivity contribution in [2.24, 2.45) is 0 Å². The van der Waals surface area contributed by atoms with Crippen LogP contribution in [0.1, 0.15) is 10.5 Å². The molecule has 1 N–H and O–H groups in total. The van der Waals surface area contributed by atoms with E-state index in [4.69, 9.17) is 9.47 Å². The molecule has 0 saturated carbocycles. The summed E-state index contributed by atoms with van der Waals surface area (Å²) >= 11 is 0. The van der Waals surface area contributed by atoms with Crippen molar-refractivity contribution in [1.29, 1.82) is 0 Å². The van der Waals surface area contributed by atoms with Crippen molar-refractivity contribution in [3.63, 3.8) is 0 Å². The van der Waals surface area contributed by atoms with E-state index in [1.807, 2.05) is 4.90 Å². The maximum Gasteiger partial charge on any atom is 0.275 e. The topological polar surface area (TPSA) is 96.9 Å². The molecular formula is C17H17N5O4. The van der Waals surface area contributed by atoms with Crippen LogP contribution in [0.3, 0.4) is 0 Å². The Balaban J connectivity index is 1.40. The molecule has 0 unspecified atom stereocenters. The predicted molar refractivity (Wildman–Crippen MR) is 92.4 cm³/mol. The first kappa shape index (κ1) is 16.1. The summed E-state index contributed by atoms with van der Waals surface area (Å²) in [6.07, 6.45) is 3.88. The summed E-state index contributed by atoms with van der Waals surface area (Å²) in [4.78, 5) is 35.4. The standard InChI is InChI=1S/C17H17N5O4/c23-10-21-3-5-22(6-4-21)16-9-18-13(8-19-16)17(24)20-12-1-2-14-15(7-12)26-11-25-14/h1-2,7-10H,3-6,11H2,(H,20,24). The first-order valence-corrected chi connectivity index (χ1v) is 8.20. The molecule has 9 nitrogen and oxygen atoms in total. The minimum Gasteiger partial charge on any atom is -0.454 e. The van der Waals surface area contributed by atoms with Gasteiger partial charge in [-0.25, -0.2) is 9.97 Å². The summed E-state index contributed by atoms with van der Waals surface area (Å²) in [6, 6.07) is 5.18. The number of carbonyl (C=O) groups is 2. The second kappa shape index (κ2) is 6.87. The number of carbonyl (C=O) groups excluding carboxylic acids is 2. The summed E-state index contributed by atoms with van der Waals surface area (Å²) < 4.78 is 10.5. The van der Waals surface area contributed by atoms with E-state index in [2.05, 4.69) is 15.3 Å². The number of piperazine rings is 1. The van der Waals surface area contributed by atoms with Gasteiger partial charge in [-0.15, -0.1) is 0 Å². The molecule has 0 aliphatic carbocycles. The van der Waals surface area contributed by atoms with Crippen LogP contribution in [0.4, 0.5) is 11.5 Å². The number of benzene rings is 1. The fourth-order valence-corrected chi connectivity index (χ4v) is 2.83. The Morgan fingerprint density at radius 1 is 1.08 bits per heavy atom. The van der Waals surface area contributed by atoms with Gasteiger partial charge in [0.25, 0.3) is 5.91 Å². The molecule has 1 aromatic heterocycles. The molecule has 3 heterocycles. The number of hydrogen-bond acceptors (Lipinski definition) is 7. The number of ether oxygens (including phenoxy) is 2. The fourth-order valence-electron chi connectivity index (χ4n) is 2.83. The van der Waals surface area contributed by atoms with Gasteiger partial charge in [0.05, 0.1) is 12.4 Å². The molecule has 26 heavy (non-hydrogen) atoms. The van der Waals surface area contributed by atoms with Crippen molar-refractivity contribution >= 4 is 23.8 Å². The number of hydrogen-bond donors (Lipinski definition) is 1. The Bertz CT molecular complexity index is 818. The van der Waals surface area contributed by atoms with Crippen molar-refractivity contribution in [3.05, 3.63) is 36.3 Å². The van der Waals surface area contributed by atoms with Gasteiger partial charge in [0, 0.05) is 37.9 Å². The van der Waals surface area contributed by atoms with Crippen LogP contribution < -0.4 is 19.7 Å². The molecule has 1 fully saturated rings. The molecule has 2 aliphatic rings. The van der Waals surface area contributed by atoms with Crippen LogP contribution >= 0.6 is 0 Å². The van der Waals surface area contributed by atoms with Crippen LogP contribution in [0.5, 0.6) is 11.5 Å². The Hall–Kier alpha value is -3.36. The van der Waals surface area contributed by atoms with Crippen molar-refractivity contribution in [3.8, 4) is 11.5 Å². The van der Waals surface area contributed by atoms with Crippen LogP contribution in [0.15, 0.2) is 30.6 Å². The number of nitrogens with one attached hydrogen (secondary N) is 1. The van der Waals surface area contributed by atoms with Crippen LogP contribution in [0.2, 0.25) is 0 Å². The Morgan fingerprint density at radius 2 is 1.88 bits per heavy atom. The van der Waals surface area contributed by atoms with Crippen molar-refractivity contribution in [2.45, 2.75) is 0 Å². The van der Waals surface area contributed by atoms with Crippen LogP contribution in [0, 0.1) is 0 Å². The van der Waals surface area contributed by atoms with Gasteiger partial charge in [0.1, 0.15) is 11.5 Å². The highest BCUT2D eigenvalue weighted by Crippen LogP contribution is 2.34. The van der Waals surface area contributed by atoms with E-state index in [0.717, 1.165) is 6.41 Å². The van der Waals surface area contributed by atoms with Crippen molar-refractivity contribution in [1.82, 2.24) is 14.9 Å². The molecule has 0 atom stereocenters. The maximum atomic E-state index is 12.3. The van der Waals surface area contributed by atoms with Gasteiger partial charge < -0.3 is 24.6 Å². The van der Waals surface area contributed by atoms with E-state index >= 15 is 0 Å². The molecular weight excluding hydrogens is 338 g/mol. The van der Waals surface area contributed by atoms with E-state index < -0.39 is 0 Å². The molecule has 1 aromatic carbocycles. The minimum absolute atomic E-state index is 0.181. The van der Waals surface area contributed by atoms with Crippen LogP contribution in [-0.4, -0.2) is 60.2 Å². The Kier molecular flexibility index (Phi) is 4.26. The monoisotopic (exact) mass is 355 g/mol. The molecule has 0 spiro atoms. The quantitative estimate of drug-likeness (QED) is 0.808. The molecule has 2 aliphatic heterocycles. The molecule has 9 heteroatoms. The minimum atomic E-state index is -0.353. The summed E-state index contributed by atoms with van der Waals surface area (Å²) in [5.74, 6) is 1.59. The van der Waals surface area contributed by atoms with Gasteiger partial charge in [-0.3, -0.25) is 9.59 Å². The predicted octanol–water partition coefficient (Wildman–Crippen LogP) is 0.736. The number of nitrogens with zero attached hydrogens (tertiary/aromatic N) is 4. The normalized spacial score (nSPS) is 15.7. The largest absolute Gasteiger partial charge is 0.454 e. The lowest BCUT2D eigenvalue weighted by molar-refractivity contribution is -0.118. The molecule has 2 amide bonds. The molecule has 0 radical (unpaired) electrons. The van der Waals surface area contributed by atoms with E-state index in [9.17, 15) is 9.59 Å². The lowest BCUT2D eigenvalue weighted by Gasteiger charge is -2.33. The van der Waals surface area contributed by atoms with Gasteiger partial charge in [-0.1, -0.05) is 0 Å². The van der Waals surface area contributed by atoms with E-state index in [0.29, 0.717) is 49.2 Å². The summed E-state index contributed by atoms with van der Waals surface area (Å²) in [5, 5.41) is 2.76. The highest BCUT2D eigenvalue weighted by molar-refractivity contribution is 6.02. The second-order valence-corrected chi connectivity index (χ2v) is 5.91. The zero-order valence-corrected chi connectivity index (χ0v) is 13.9. The zero-order chi connectivity index (χ0) is 17.9. The first-order valence-electron chi connectivity index (χ1n) is 8.20. The number of aromatic nitrogens is 2. The third-order valence-corrected chi connectivity index (χ3v) is 4.29. The average Bonchev–Trinajstić information content (AvgIpc) is 3.16. The molecule has 0 bridgehead atoms. The van der Waals surface area contributed by atoms with Crippen molar-refractivity contribution in [2.75, 3.05) is 43.2 Å². The molecule has 4 rings (SSSR count). The number of anilines is 2. The van der Waals surface area contributed by atoms with Crippen molar-refractivity contribution < 1.29 is 19.1 Å². The number of fused-ring (bicyclic) bond motifs is 1. The third-order valence-electron chi connectivity index (χ3n) is 4.29. The lowest BCUT2D eigenvalue weighted by Crippen LogP contribution is -2.46. The second-order valence-electron chi connectivity index (χ2n) is 5.91. The van der Waals surface area contributed by atoms with Gasteiger partial charge >= 0.3 is 0 Å². The van der Waals surface area contributed by atoms with Gasteiger partial charge in [-0.05, 0) is 12.1 Å². The van der Waals surface area contributed by atoms with Gasteiger partial charge in [0.2, 0.25) is 13.2 Å². The zero-order valence-electron chi connectivity index (χ0n) is 13.9. The summed E-state index contributed by atoms with van der Waals surface area (Å²) in [6.45, 7) is 2.86. The maximum absolute atomic E-state index is 12.3. The molecule has 134 valence electrons. The van der Waals surface area contributed by atoms with E-state index in [-0.39, 0.29) is 18.4 Å². The summed E-state index contributed by atoms with van der Waals surface area (Å²) in [7, 11) is 0. The highest BCUT2D eigenvalue weighted by Gasteiger charge is 2.18. The average molecular weight is 355 g/mol. The summed E-state index contributed by atoms with van der Waals surface area (Å²) in [5.41, 5.74) is 0.813. The van der Waals surface area contributed by atoms with E-state index in [1.165, 1.54) is 6.20 Å². The Labute approximate surface area is 149 Å². The van der Waals surface area contributed by atoms with Gasteiger partial charge in [0.15, 0.2) is 11.5 Å². The smallest absolute Gasteiger partial charge is 0.275 e. The SMILES string of the molecule is O=CN1CCN(c2cnc(C(=O)Nc3ccc4c(c3)OCO4)cn2)CC1. The molecule has 2 aromatic rings. The number of rotatable bonds is 4. The van der Waals surface area contributed by atoms with Crippen LogP contribution in [-0.2, 0) is 4.79 Å². The fraction of sp³-hybridized carbons (Fsp3) is 0.294. The van der Waals surface area contributed by atoms with Crippen LogP contribution in [0.25, 0.3) is 0 Å². The van der Waals surface area contributed by atoms with E-state index in [1.54, 1.807) is 29.3 Å². The highest BCUT2D eigenvalue weighted by atomic mass is 16.7. The van der Waals surface area contributed by atoms with Gasteiger partial charge in [-0.2, -0.15) is 0 Å². The Morgan fingerprint density at radius 3 is 2.62 bits per heavy atom.